The van der Waals surface area contributed by atoms with E-state index in [1.807, 2.05) is 31.2 Å². The first-order valence-electron chi connectivity index (χ1n) is 5.20. The number of nitrogens with two attached hydrogens (primary N) is 1. The van der Waals surface area contributed by atoms with Crippen molar-refractivity contribution in [2.75, 3.05) is 6.54 Å². The lowest BCUT2D eigenvalue weighted by Crippen LogP contribution is -2.37. The van der Waals surface area contributed by atoms with Crippen molar-refractivity contribution in [2.45, 2.75) is 13.0 Å². The van der Waals surface area contributed by atoms with E-state index in [-0.39, 0.29) is 24.4 Å². The van der Waals surface area contributed by atoms with Gasteiger partial charge < -0.3 is 15.5 Å². The van der Waals surface area contributed by atoms with Crippen LogP contribution in [0.3, 0.4) is 0 Å². The van der Waals surface area contributed by atoms with Crippen LogP contribution in [0.4, 0.5) is 0 Å². The summed E-state index contributed by atoms with van der Waals surface area (Å²) in [5.74, 6) is 0.0932. The minimum atomic E-state index is -0.228. The van der Waals surface area contributed by atoms with Crippen molar-refractivity contribution in [3.63, 3.8) is 0 Å². The standard InChI is InChI=1S/C12H14N2O2.ClH/c1-8(7-13)14-12(15)11-6-9-4-2-3-5-10(9)16-11;/h2-6,8H,7,13H2,1H3,(H,14,15);1H/t8-;/m1./s1. The molecule has 5 heteroatoms. The number of fused-ring (bicyclic) bond motifs is 1. The number of carbonyl (C=O) groups is 1. The second kappa shape index (κ2) is 5.70. The van der Waals surface area contributed by atoms with Gasteiger partial charge in [-0.25, -0.2) is 0 Å². The summed E-state index contributed by atoms with van der Waals surface area (Å²) in [4.78, 5) is 11.7. The van der Waals surface area contributed by atoms with E-state index in [1.165, 1.54) is 0 Å². The second-order valence-electron chi connectivity index (χ2n) is 3.76. The summed E-state index contributed by atoms with van der Waals surface area (Å²) >= 11 is 0. The topological polar surface area (TPSA) is 68.3 Å². The number of benzene rings is 1. The number of hydrogen-bond acceptors (Lipinski definition) is 3. The van der Waals surface area contributed by atoms with Crippen LogP contribution in [0.2, 0.25) is 0 Å². The summed E-state index contributed by atoms with van der Waals surface area (Å²) in [6.07, 6.45) is 0. The maximum absolute atomic E-state index is 11.7. The highest BCUT2D eigenvalue weighted by molar-refractivity contribution is 5.96. The van der Waals surface area contributed by atoms with Crippen molar-refractivity contribution in [2.24, 2.45) is 5.73 Å². The number of amides is 1. The van der Waals surface area contributed by atoms with Gasteiger partial charge in [-0.05, 0) is 19.1 Å². The molecule has 0 radical (unpaired) electrons. The van der Waals surface area contributed by atoms with Gasteiger partial charge in [0.05, 0.1) is 0 Å². The van der Waals surface area contributed by atoms with Crippen molar-refractivity contribution >= 4 is 29.3 Å². The lowest BCUT2D eigenvalue weighted by Gasteiger charge is -2.08. The highest BCUT2D eigenvalue weighted by Crippen LogP contribution is 2.18. The molecule has 1 aromatic heterocycles. The van der Waals surface area contributed by atoms with Crippen LogP contribution in [0.1, 0.15) is 17.5 Å². The molecule has 2 aromatic rings. The Hall–Kier alpha value is -1.52. The fourth-order valence-corrected chi connectivity index (χ4v) is 1.45. The van der Waals surface area contributed by atoms with E-state index in [4.69, 9.17) is 10.2 Å². The maximum atomic E-state index is 11.7. The molecule has 1 heterocycles. The Labute approximate surface area is 106 Å². The number of furan rings is 1. The van der Waals surface area contributed by atoms with E-state index >= 15 is 0 Å². The van der Waals surface area contributed by atoms with E-state index in [0.29, 0.717) is 17.9 Å². The fourth-order valence-electron chi connectivity index (χ4n) is 1.45. The quantitative estimate of drug-likeness (QED) is 0.880. The first-order valence-corrected chi connectivity index (χ1v) is 5.20. The Balaban J connectivity index is 0.00000144. The fraction of sp³-hybridized carbons (Fsp3) is 0.250. The molecular formula is C12H15ClN2O2. The molecule has 17 heavy (non-hydrogen) atoms. The third-order valence-corrected chi connectivity index (χ3v) is 2.38. The lowest BCUT2D eigenvalue weighted by atomic mass is 10.2. The van der Waals surface area contributed by atoms with E-state index in [0.717, 1.165) is 5.39 Å². The van der Waals surface area contributed by atoms with E-state index < -0.39 is 0 Å². The summed E-state index contributed by atoms with van der Waals surface area (Å²) in [7, 11) is 0. The zero-order valence-corrected chi connectivity index (χ0v) is 10.3. The predicted octanol–water partition coefficient (Wildman–Crippen LogP) is 1.93. The van der Waals surface area contributed by atoms with Gasteiger partial charge in [-0.3, -0.25) is 4.79 Å². The van der Waals surface area contributed by atoms with Crippen LogP contribution in [0.15, 0.2) is 34.7 Å². The molecule has 1 aromatic carbocycles. The van der Waals surface area contributed by atoms with Crippen LogP contribution in [-0.4, -0.2) is 18.5 Å². The smallest absolute Gasteiger partial charge is 0.287 e. The van der Waals surface area contributed by atoms with Gasteiger partial charge in [-0.2, -0.15) is 0 Å². The number of halogens is 1. The molecule has 1 atom stereocenters. The lowest BCUT2D eigenvalue weighted by molar-refractivity contribution is 0.0915. The molecule has 0 spiro atoms. The Kier molecular flexibility index (Phi) is 4.54. The van der Waals surface area contributed by atoms with Crippen molar-refractivity contribution in [3.8, 4) is 0 Å². The van der Waals surface area contributed by atoms with Gasteiger partial charge in [-0.1, -0.05) is 18.2 Å². The molecule has 0 aliphatic rings. The Morgan fingerprint density at radius 3 is 2.82 bits per heavy atom. The Bertz CT molecular complexity index is 477. The minimum absolute atomic E-state index is 0. The molecule has 0 bridgehead atoms. The van der Waals surface area contributed by atoms with Crippen molar-refractivity contribution < 1.29 is 9.21 Å². The van der Waals surface area contributed by atoms with Crippen LogP contribution >= 0.6 is 12.4 Å². The third kappa shape index (κ3) is 2.99. The average Bonchev–Trinajstić information content (AvgIpc) is 2.72. The number of nitrogens with one attached hydrogen (secondary N) is 1. The molecule has 0 aliphatic carbocycles. The van der Waals surface area contributed by atoms with Gasteiger partial charge in [0.15, 0.2) is 5.76 Å². The molecule has 0 aliphatic heterocycles. The van der Waals surface area contributed by atoms with Crippen molar-refractivity contribution in [3.05, 3.63) is 36.1 Å². The van der Waals surface area contributed by atoms with Crippen molar-refractivity contribution in [1.82, 2.24) is 5.32 Å². The highest BCUT2D eigenvalue weighted by Gasteiger charge is 2.13. The zero-order valence-electron chi connectivity index (χ0n) is 9.47. The minimum Gasteiger partial charge on any atom is -0.451 e. The molecular weight excluding hydrogens is 240 g/mol. The van der Waals surface area contributed by atoms with Crippen LogP contribution in [-0.2, 0) is 0 Å². The normalized spacial score (nSPS) is 11.9. The molecule has 1 amide bonds. The first kappa shape index (κ1) is 13.5. The maximum Gasteiger partial charge on any atom is 0.287 e. The van der Waals surface area contributed by atoms with Gasteiger partial charge >= 0.3 is 0 Å². The Morgan fingerprint density at radius 1 is 1.47 bits per heavy atom. The molecule has 92 valence electrons. The summed E-state index contributed by atoms with van der Waals surface area (Å²) in [6, 6.07) is 9.19. The highest BCUT2D eigenvalue weighted by atomic mass is 35.5. The van der Waals surface area contributed by atoms with E-state index in [9.17, 15) is 4.79 Å². The predicted molar refractivity (Wildman–Crippen MR) is 69.4 cm³/mol. The molecule has 0 unspecified atom stereocenters. The van der Waals surface area contributed by atoms with Crippen LogP contribution in [0.5, 0.6) is 0 Å². The summed E-state index contributed by atoms with van der Waals surface area (Å²) in [5, 5.41) is 3.67. The molecule has 0 saturated carbocycles. The van der Waals surface area contributed by atoms with E-state index in [1.54, 1.807) is 6.07 Å². The van der Waals surface area contributed by atoms with Crippen LogP contribution in [0.25, 0.3) is 11.0 Å². The van der Waals surface area contributed by atoms with Crippen molar-refractivity contribution in [1.29, 1.82) is 0 Å². The van der Waals surface area contributed by atoms with Crippen LogP contribution < -0.4 is 11.1 Å². The number of rotatable bonds is 3. The molecule has 4 nitrogen and oxygen atoms in total. The molecule has 2 rings (SSSR count). The zero-order chi connectivity index (χ0) is 11.5. The summed E-state index contributed by atoms with van der Waals surface area (Å²) < 4.78 is 5.42. The SMILES string of the molecule is C[C@H](CN)NC(=O)c1cc2ccccc2o1.Cl. The largest absolute Gasteiger partial charge is 0.451 e. The molecule has 3 N–H and O–H groups in total. The summed E-state index contributed by atoms with van der Waals surface area (Å²) in [5.41, 5.74) is 6.14. The molecule has 0 saturated heterocycles. The number of para-hydroxylation sites is 1. The Morgan fingerprint density at radius 2 is 2.18 bits per heavy atom. The number of hydrogen-bond donors (Lipinski definition) is 2. The first-order chi connectivity index (χ1) is 7.70. The van der Waals surface area contributed by atoms with Gasteiger partial charge in [0.25, 0.3) is 5.91 Å². The summed E-state index contributed by atoms with van der Waals surface area (Å²) in [6.45, 7) is 2.26. The third-order valence-electron chi connectivity index (χ3n) is 2.38. The van der Waals surface area contributed by atoms with E-state index in [2.05, 4.69) is 5.32 Å². The second-order valence-corrected chi connectivity index (χ2v) is 3.76. The monoisotopic (exact) mass is 254 g/mol. The van der Waals surface area contributed by atoms with Gasteiger partial charge in [0, 0.05) is 18.0 Å². The van der Waals surface area contributed by atoms with Gasteiger partial charge in [0.1, 0.15) is 5.58 Å². The number of carbonyl (C=O) groups excluding carboxylic acids is 1. The van der Waals surface area contributed by atoms with Gasteiger partial charge in [-0.15, -0.1) is 12.4 Å². The van der Waals surface area contributed by atoms with Gasteiger partial charge in [0.2, 0.25) is 0 Å². The average molecular weight is 255 g/mol. The molecule has 0 fully saturated rings. The van der Waals surface area contributed by atoms with Crippen LogP contribution in [0, 0.1) is 0 Å².